The second-order valence-electron chi connectivity index (χ2n) is 5.11. The lowest BCUT2D eigenvalue weighted by Crippen LogP contribution is -2.46. The zero-order valence-electron chi connectivity index (χ0n) is 11.8. The van der Waals surface area contributed by atoms with Crippen LogP contribution in [-0.2, 0) is 6.67 Å². The maximum Gasteiger partial charge on any atom is 0.180 e. The van der Waals surface area contributed by atoms with E-state index in [0.717, 1.165) is 47.5 Å². The van der Waals surface area contributed by atoms with Gasteiger partial charge in [-0.2, -0.15) is 5.10 Å². The van der Waals surface area contributed by atoms with Crippen LogP contribution in [-0.4, -0.2) is 40.9 Å². The maximum absolute atomic E-state index is 13.0. The molecule has 0 saturated carbocycles. The van der Waals surface area contributed by atoms with Gasteiger partial charge in [-0.1, -0.05) is 11.3 Å². The molecule has 4 nitrogen and oxygen atoms in total. The van der Waals surface area contributed by atoms with E-state index in [0.29, 0.717) is 0 Å². The molecule has 21 heavy (non-hydrogen) atoms. The number of anilines is 1. The summed E-state index contributed by atoms with van der Waals surface area (Å²) in [7, 11) is 0. The van der Waals surface area contributed by atoms with Gasteiger partial charge in [-0.15, -0.1) is 0 Å². The van der Waals surface area contributed by atoms with Crippen LogP contribution in [0.15, 0.2) is 24.3 Å². The molecule has 0 spiro atoms. The van der Waals surface area contributed by atoms with Gasteiger partial charge in [0.05, 0.1) is 6.67 Å². The van der Waals surface area contributed by atoms with E-state index >= 15 is 0 Å². The van der Waals surface area contributed by atoms with Gasteiger partial charge in [-0.05, 0) is 43.4 Å². The molecule has 0 N–H and O–H groups in total. The van der Waals surface area contributed by atoms with E-state index in [-0.39, 0.29) is 5.82 Å². The van der Waals surface area contributed by atoms with Gasteiger partial charge >= 0.3 is 0 Å². The Bertz CT molecular complexity index is 656. The van der Waals surface area contributed by atoms with Crippen LogP contribution in [0.5, 0.6) is 0 Å². The van der Waals surface area contributed by atoms with Crippen LogP contribution in [0, 0.1) is 16.7 Å². The first-order valence-electron chi connectivity index (χ1n) is 6.89. The standard InChI is InChI=1S/C14H17FN4S2/c1-11-16-19(14(20)21-11)10-17-6-8-18(9-7-17)13-4-2-12(15)3-5-13/h2-5H,6-10H2,1H3. The van der Waals surface area contributed by atoms with E-state index in [9.17, 15) is 4.39 Å². The summed E-state index contributed by atoms with van der Waals surface area (Å²) in [5.74, 6) is -0.189. The number of hydrogen-bond acceptors (Lipinski definition) is 5. The lowest BCUT2D eigenvalue weighted by Gasteiger charge is -2.35. The van der Waals surface area contributed by atoms with Crippen molar-refractivity contribution in [3.05, 3.63) is 39.0 Å². The summed E-state index contributed by atoms with van der Waals surface area (Å²) in [4.78, 5) is 4.62. The molecule has 0 radical (unpaired) electrons. The van der Waals surface area contributed by atoms with Gasteiger partial charge in [-0.25, -0.2) is 9.07 Å². The molecule has 112 valence electrons. The molecule has 7 heteroatoms. The molecule has 0 amide bonds. The van der Waals surface area contributed by atoms with E-state index in [4.69, 9.17) is 12.2 Å². The van der Waals surface area contributed by atoms with E-state index < -0.39 is 0 Å². The first kappa shape index (κ1) is 14.6. The molecule has 0 atom stereocenters. The van der Waals surface area contributed by atoms with E-state index in [1.165, 1.54) is 12.1 Å². The molecule has 2 aromatic rings. The highest BCUT2D eigenvalue weighted by Crippen LogP contribution is 2.17. The highest BCUT2D eigenvalue weighted by atomic mass is 32.1. The van der Waals surface area contributed by atoms with Gasteiger partial charge in [0.1, 0.15) is 10.8 Å². The van der Waals surface area contributed by atoms with Crippen LogP contribution in [0.3, 0.4) is 0 Å². The third-order valence-corrected chi connectivity index (χ3v) is 4.83. The molecule has 1 aromatic heterocycles. The Balaban J connectivity index is 1.59. The number of hydrogen-bond donors (Lipinski definition) is 0. The topological polar surface area (TPSA) is 24.3 Å². The van der Waals surface area contributed by atoms with Crippen molar-refractivity contribution >= 4 is 29.2 Å². The van der Waals surface area contributed by atoms with Crippen molar-refractivity contribution in [1.29, 1.82) is 0 Å². The fourth-order valence-corrected chi connectivity index (χ4v) is 3.54. The van der Waals surface area contributed by atoms with E-state index in [1.807, 2.05) is 23.7 Å². The average molecular weight is 324 g/mol. The summed E-state index contributed by atoms with van der Waals surface area (Å²) in [6, 6.07) is 6.70. The molecule has 3 rings (SSSR count). The van der Waals surface area contributed by atoms with Crippen LogP contribution >= 0.6 is 23.6 Å². The summed E-state index contributed by atoms with van der Waals surface area (Å²) in [6.07, 6.45) is 0. The molecule has 1 fully saturated rings. The van der Waals surface area contributed by atoms with Gasteiger partial charge in [0.25, 0.3) is 0 Å². The molecule has 0 unspecified atom stereocenters. The number of aryl methyl sites for hydroxylation is 1. The lowest BCUT2D eigenvalue weighted by atomic mass is 10.2. The molecular formula is C14H17FN4S2. The Kier molecular flexibility index (Phi) is 4.32. The summed E-state index contributed by atoms with van der Waals surface area (Å²) in [6.45, 7) is 6.50. The van der Waals surface area contributed by atoms with Gasteiger partial charge in [0, 0.05) is 31.9 Å². The number of benzene rings is 1. The van der Waals surface area contributed by atoms with Gasteiger partial charge < -0.3 is 4.90 Å². The number of aromatic nitrogens is 2. The largest absolute Gasteiger partial charge is 0.369 e. The second kappa shape index (κ2) is 6.21. The number of halogens is 1. The van der Waals surface area contributed by atoms with Crippen molar-refractivity contribution in [2.24, 2.45) is 0 Å². The smallest absolute Gasteiger partial charge is 0.180 e. The summed E-state index contributed by atoms with van der Waals surface area (Å²) in [5, 5.41) is 5.43. The molecule has 1 aromatic carbocycles. The fraction of sp³-hybridized carbons (Fsp3) is 0.429. The van der Waals surface area contributed by atoms with Crippen molar-refractivity contribution in [3.63, 3.8) is 0 Å². The Morgan fingerprint density at radius 2 is 1.86 bits per heavy atom. The van der Waals surface area contributed by atoms with Gasteiger partial charge in [0.15, 0.2) is 3.95 Å². The third kappa shape index (κ3) is 3.48. The van der Waals surface area contributed by atoms with E-state index in [1.54, 1.807) is 11.3 Å². The summed E-state index contributed by atoms with van der Waals surface area (Å²) in [5.41, 5.74) is 1.08. The molecule has 1 aliphatic heterocycles. The van der Waals surface area contributed by atoms with Crippen LogP contribution in [0.4, 0.5) is 10.1 Å². The number of nitrogens with zero attached hydrogens (tertiary/aromatic N) is 4. The maximum atomic E-state index is 13.0. The first-order chi connectivity index (χ1) is 10.1. The van der Waals surface area contributed by atoms with Crippen molar-refractivity contribution in [3.8, 4) is 0 Å². The van der Waals surface area contributed by atoms with Crippen molar-refractivity contribution in [2.75, 3.05) is 31.1 Å². The Hall–Kier alpha value is -1.31. The van der Waals surface area contributed by atoms with Crippen LogP contribution in [0.2, 0.25) is 0 Å². The van der Waals surface area contributed by atoms with Crippen LogP contribution in [0.25, 0.3) is 0 Å². The van der Waals surface area contributed by atoms with Crippen LogP contribution < -0.4 is 4.90 Å². The minimum atomic E-state index is -0.189. The molecule has 0 bridgehead atoms. The highest BCUT2D eigenvalue weighted by Gasteiger charge is 2.18. The Morgan fingerprint density at radius 3 is 2.43 bits per heavy atom. The molecule has 1 aliphatic rings. The average Bonchev–Trinajstić information content (AvgIpc) is 2.79. The summed E-state index contributed by atoms with van der Waals surface area (Å²) >= 11 is 6.85. The normalized spacial score (nSPS) is 16.4. The third-order valence-electron chi connectivity index (χ3n) is 3.61. The first-order valence-corrected chi connectivity index (χ1v) is 8.12. The summed E-state index contributed by atoms with van der Waals surface area (Å²) < 4.78 is 15.7. The molecule has 1 saturated heterocycles. The molecule has 0 aliphatic carbocycles. The van der Waals surface area contributed by atoms with E-state index in [2.05, 4.69) is 14.9 Å². The molecule has 2 heterocycles. The monoisotopic (exact) mass is 324 g/mol. The van der Waals surface area contributed by atoms with Crippen LogP contribution in [0.1, 0.15) is 5.01 Å². The quantitative estimate of drug-likeness (QED) is 0.810. The zero-order chi connectivity index (χ0) is 14.8. The Labute approximate surface area is 132 Å². The zero-order valence-corrected chi connectivity index (χ0v) is 13.5. The predicted molar refractivity (Wildman–Crippen MR) is 85.9 cm³/mol. The van der Waals surface area contributed by atoms with Crippen molar-refractivity contribution in [1.82, 2.24) is 14.7 Å². The van der Waals surface area contributed by atoms with Crippen molar-refractivity contribution in [2.45, 2.75) is 13.6 Å². The minimum Gasteiger partial charge on any atom is -0.369 e. The number of piperazine rings is 1. The lowest BCUT2D eigenvalue weighted by molar-refractivity contribution is 0.195. The predicted octanol–water partition coefficient (Wildman–Crippen LogP) is 2.90. The highest BCUT2D eigenvalue weighted by molar-refractivity contribution is 7.73. The fourth-order valence-electron chi connectivity index (χ4n) is 2.49. The van der Waals surface area contributed by atoms with Gasteiger partial charge in [0.2, 0.25) is 0 Å². The number of rotatable bonds is 3. The second-order valence-corrected chi connectivity index (χ2v) is 6.94. The van der Waals surface area contributed by atoms with Crippen molar-refractivity contribution < 1.29 is 4.39 Å². The SMILES string of the molecule is Cc1nn(CN2CCN(c3ccc(F)cc3)CC2)c(=S)s1. The minimum absolute atomic E-state index is 0.189. The Morgan fingerprint density at radius 1 is 1.19 bits per heavy atom. The molecular weight excluding hydrogens is 307 g/mol. The van der Waals surface area contributed by atoms with Gasteiger partial charge in [-0.3, -0.25) is 4.90 Å².